The molecular formula is C10H6Br2N4. The van der Waals surface area contributed by atoms with Crippen LogP contribution in [0.3, 0.4) is 0 Å². The van der Waals surface area contributed by atoms with Crippen LogP contribution < -0.4 is 0 Å². The van der Waals surface area contributed by atoms with Crippen molar-refractivity contribution in [3.63, 3.8) is 0 Å². The van der Waals surface area contributed by atoms with Crippen LogP contribution in [0.25, 0.3) is 0 Å². The number of rotatable bonds is 2. The van der Waals surface area contributed by atoms with Crippen molar-refractivity contribution >= 4 is 31.9 Å². The van der Waals surface area contributed by atoms with Crippen LogP contribution in [0.4, 0.5) is 0 Å². The summed E-state index contributed by atoms with van der Waals surface area (Å²) < 4.78 is 3.36. The summed E-state index contributed by atoms with van der Waals surface area (Å²) in [5.74, 6) is 0. The van der Waals surface area contributed by atoms with Gasteiger partial charge in [0.1, 0.15) is 21.0 Å². The zero-order valence-electron chi connectivity index (χ0n) is 8.06. The summed E-state index contributed by atoms with van der Waals surface area (Å²) in [6, 6.07) is 7.59. The van der Waals surface area contributed by atoms with Gasteiger partial charge in [-0.05, 0) is 37.9 Å². The third-order valence-electron chi connectivity index (χ3n) is 2.02. The average molecular weight is 342 g/mol. The van der Waals surface area contributed by atoms with E-state index in [4.69, 9.17) is 5.26 Å². The predicted molar refractivity (Wildman–Crippen MR) is 65.7 cm³/mol. The Balaban J connectivity index is 2.34. The van der Waals surface area contributed by atoms with Crippen LogP contribution in [0.2, 0.25) is 0 Å². The fourth-order valence-electron chi connectivity index (χ4n) is 1.30. The van der Waals surface area contributed by atoms with Gasteiger partial charge in [0, 0.05) is 17.8 Å². The quantitative estimate of drug-likeness (QED) is 0.843. The van der Waals surface area contributed by atoms with Crippen molar-refractivity contribution < 1.29 is 0 Å². The third kappa shape index (κ3) is 2.31. The van der Waals surface area contributed by atoms with Crippen molar-refractivity contribution in [2.24, 2.45) is 0 Å². The van der Waals surface area contributed by atoms with E-state index in [-0.39, 0.29) is 0 Å². The summed E-state index contributed by atoms with van der Waals surface area (Å²) in [6.07, 6.45) is 1.61. The molecule has 0 amide bonds. The van der Waals surface area contributed by atoms with Crippen molar-refractivity contribution in [2.75, 3.05) is 0 Å². The number of pyridine rings is 1. The maximum absolute atomic E-state index is 8.91. The Kier molecular flexibility index (Phi) is 3.36. The molecule has 2 rings (SSSR count). The number of nitriles is 1. The molecule has 0 saturated carbocycles. The van der Waals surface area contributed by atoms with Gasteiger partial charge in [0.2, 0.25) is 0 Å². The summed E-state index contributed by atoms with van der Waals surface area (Å²) in [5, 5.41) is 13.1. The molecule has 0 unspecified atom stereocenters. The van der Waals surface area contributed by atoms with E-state index < -0.39 is 0 Å². The van der Waals surface area contributed by atoms with Gasteiger partial charge in [-0.2, -0.15) is 10.4 Å². The number of hydrogen-bond acceptors (Lipinski definition) is 3. The summed E-state index contributed by atoms with van der Waals surface area (Å²) in [4.78, 5) is 4.00. The SMILES string of the molecule is N#Cc1ncccc1Cn1nc(Br)cc1Br. The lowest BCUT2D eigenvalue weighted by Crippen LogP contribution is -2.04. The smallest absolute Gasteiger partial charge is 0.145 e. The first-order valence-electron chi connectivity index (χ1n) is 4.43. The zero-order chi connectivity index (χ0) is 11.5. The fraction of sp³-hybridized carbons (Fsp3) is 0.100. The Hall–Kier alpha value is -1.19. The Morgan fingerprint density at radius 2 is 2.25 bits per heavy atom. The van der Waals surface area contributed by atoms with Gasteiger partial charge < -0.3 is 0 Å². The Morgan fingerprint density at radius 1 is 1.44 bits per heavy atom. The van der Waals surface area contributed by atoms with Crippen molar-refractivity contribution in [1.29, 1.82) is 5.26 Å². The second kappa shape index (κ2) is 4.76. The Labute approximate surface area is 109 Å². The van der Waals surface area contributed by atoms with Crippen LogP contribution in [0.5, 0.6) is 0 Å². The second-order valence-corrected chi connectivity index (χ2v) is 4.70. The molecular weight excluding hydrogens is 336 g/mol. The molecule has 0 radical (unpaired) electrons. The van der Waals surface area contributed by atoms with Gasteiger partial charge in [0.05, 0.1) is 6.54 Å². The number of aromatic nitrogens is 3. The molecule has 80 valence electrons. The average Bonchev–Trinajstić information content (AvgIpc) is 2.58. The molecule has 0 fully saturated rings. The van der Waals surface area contributed by atoms with E-state index in [2.05, 4.69) is 48.0 Å². The highest BCUT2D eigenvalue weighted by atomic mass is 79.9. The molecule has 2 aromatic heterocycles. The van der Waals surface area contributed by atoms with Crippen LogP contribution in [-0.4, -0.2) is 14.8 Å². The van der Waals surface area contributed by atoms with Crippen LogP contribution in [0.1, 0.15) is 11.3 Å². The molecule has 0 aliphatic heterocycles. The molecule has 0 aliphatic carbocycles. The molecule has 0 spiro atoms. The highest BCUT2D eigenvalue weighted by Gasteiger charge is 2.07. The maximum Gasteiger partial charge on any atom is 0.145 e. The maximum atomic E-state index is 8.91. The number of nitrogens with zero attached hydrogens (tertiary/aromatic N) is 4. The third-order valence-corrected chi connectivity index (χ3v) is 3.04. The fourth-order valence-corrected chi connectivity index (χ4v) is 2.44. The molecule has 0 saturated heterocycles. The first kappa shape index (κ1) is 11.3. The number of halogens is 2. The van der Waals surface area contributed by atoms with E-state index in [0.29, 0.717) is 12.2 Å². The summed E-state index contributed by atoms with van der Waals surface area (Å²) in [6.45, 7) is 0.517. The zero-order valence-corrected chi connectivity index (χ0v) is 11.2. The van der Waals surface area contributed by atoms with Gasteiger partial charge in [-0.3, -0.25) is 4.68 Å². The van der Waals surface area contributed by atoms with Gasteiger partial charge in [-0.1, -0.05) is 6.07 Å². The first-order valence-corrected chi connectivity index (χ1v) is 6.02. The molecule has 2 heterocycles. The van der Waals surface area contributed by atoms with E-state index in [1.54, 1.807) is 10.9 Å². The monoisotopic (exact) mass is 340 g/mol. The molecule has 16 heavy (non-hydrogen) atoms. The topological polar surface area (TPSA) is 54.5 Å². The van der Waals surface area contributed by atoms with Gasteiger partial charge in [0.25, 0.3) is 0 Å². The van der Waals surface area contributed by atoms with Gasteiger partial charge in [-0.25, -0.2) is 4.98 Å². The normalized spacial score (nSPS) is 10.1. The van der Waals surface area contributed by atoms with Crippen molar-refractivity contribution in [3.05, 3.63) is 44.9 Å². The lowest BCUT2D eigenvalue weighted by atomic mass is 10.2. The van der Waals surface area contributed by atoms with Crippen LogP contribution in [0.15, 0.2) is 33.6 Å². The lowest BCUT2D eigenvalue weighted by molar-refractivity contribution is 0.664. The molecule has 0 atom stereocenters. The van der Waals surface area contributed by atoms with E-state index in [9.17, 15) is 0 Å². The Morgan fingerprint density at radius 3 is 2.88 bits per heavy atom. The van der Waals surface area contributed by atoms with Crippen LogP contribution in [0, 0.1) is 11.3 Å². The molecule has 4 nitrogen and oxygen atoms in total. The van der Waals surface area contributed by atoms with Gasteiger partial charge in [-0.15, -0.1) is 0 Å². The van der Waals surface area contributed by atoms with E-state index in [1.807, 2.05) is 18.2 Å². The largest absolute Gasteiger partial charge is 0.253 e. The molecule has 0 bridgehead atoms. The van der Waals surface area contributed by atoms with Gasteiger partial charge >= 0.3 is 0 Å². The van der Waals surface area contributed by atoms with E-state index in [1.165, 1.54) is 0 Å². The van der Waals surface area contributed by atoms with Crippen molar-refractivity contribution in [2.45, 2.75) is 6.54 Å². The van der Waals surface area contributed by atoms with Gasteiger partial charge in [0.15, 0.2) is 0 Å². The molecule has 0 aromatic carbocycles. The summed E-state index contributed by atoms with van der Waals surface area (Å²) >= 11 is 6.68. The molecule has 0 aliphatic rings. The Bertz CT molecular complexity index is 556. The van der Waals surface area contributed by atoms with Crippen LogP contribution in [-0.2, 0) is 6.54 Å². The van der Waals surface area contributed by atoms with Crippen molar-refractivity contribution in [3.8, 4) is 6.07 Å². The van der Waals surface area contributed by atoms with Crippen molar-refractivity contribution in [1.82, 2.24) is 14.8 Å². The molecule has 0 N–H and O–H groups in total. The lowest BCUT2D eigenvalue weighted by Gasteiger charge is -2.04. The van der Waals surface area contributed by atoms with Crippen LogP contribution >= 0.6 is 31.9 Å². The summed E-state index contributed by atoms with van der Waals surface area (Å²) in [7, 11) is 0. The van der Waals surface area contributed by atoms with E-state index >= 15 is 0 Å². The minimum Gasteiger partial charge on any atom is -0.253 e. The number of hydrogen-bond donors (Lipinski definition) is 0. The minimum absolute atomic E-state index is 0.432. The predicted octanol–water partition coefficient (Wildman–Crippen LogP) is 2.72. The highest BCUT2D eigenvalue weighted by molar-refractivity contribution is 9.11. The summed E-state index contributed by atoms with van der Waals surface area (Å²) in [5.41, 5.74) is 1.28. The second-order valence-electron chi connectivity index (χ2n) is 3.07. The molecule has 6 heteroatoms. The standard InChI is InChI=1S/C10H6Br2N4/c11-9-4-10(12)16(15-9)6-7-2-1-3-14-8(7)5-13/h1-4H,6H2. The minimum atomic E-state index is 0.432. The first-order chi connectivity index (χ1) is 7.70. The van der Waals surface area contributed by atoms with E-state index in [0.717, 1.165) is 14.8 Å². The highest BCUT2D eigenvalue weighted by Crippen LogP contribution is 2.18. The molecule has 2 aromatic rings.